The van der Waals surface area contributed by atoms with Gasteiger partial charge in [0.15, 0.2) is 0 Å². The highest BCUT2D eigenvalue weighted by Gasteiger charge is 2.19. The molecule has 3 aromatic heterocycles. The number of hydrogen-bond donors (Lipinski definition) is 1. The molecule has 0 saturated heterocycles. The summed E-state index contributed by atoms with van der Waals surface area (Å²) in [5, 5.41) is 7.44. The standard InChI is InChI=1S/C15H18N6O/c1-15(2,3)12-8-19-13(22-12)9-18-11-7-20-21(10-11)14-16-5-4-6-17-14/h4-8,10,18H,9H2,1-3H3. The molecule has 0 aromatic carbocycles. The molecule has 0 bridgehead atoms. The van der Waals surface area contributed by atoms with Gasteiger partial charge in [-0.3, -0.25) is 0 Å². The van der Waals surface area contributed by atoms with Crippen LogP contribution in [0.25, 0.3) is 5.95 Å². The van der Waals surface area contributed by atoms with Crippen LogP contribution in [0.5, 0.6) is 0 Å². The van der Waals surface area contributed by atoms with E-state index in [-0.39, 0.29) is 5.41 Å². The number of nitrogens with zero attached hydrogens (tertiary/aromatic N) is 5. The summed E-state index contributed by atoms with van der Waals surface area (Å²) in [6, 6.07) is 1.77. The van der Waals surface area contributed by atoms with E-state index in [0.717, 1.165) is 11.4 Å². The first-order valence-electron chi connectivity index (χ1n) is 7.03. The van der Waals surface area contributed by atoms with Crippen molar-refractivity contribution in [1.82, 2.24) is 24.7 Å². The number of rotatable bonds is 4. The van der Waals surface area contributed by atoms with E-state index >= 15 is 0 Å². The van der Waals surface area contributed by atoms with Gasteiger partial charge < -0.3 is 9.73 Å². The molecular weight excluding hydrogens is 280 g/mol. The predicted octanol–water partition coefficient (Wildman–Crippen LogP) is 2.56. The summed E-state index contributed by atoms with van der Waals surface area (Å²) in [5.74, 6) is 2.05. The Balaban J connectivity index is 1.65. The molecule has 0 aliphatic carbocycles. The highest BCUT2D eigenvalue weighted by atomic mass is 16.4. The van der Waals surface area contributed by atoms with Gasteiger partial charge in [-0.1, -0.05) is 20.8 Å². The number of aromatic nitrogens is 5. The summed E-state index contributed by atoms with van der Waals surface area (Å²) in [7, 11) is 0. The summed E-state index contributed by atoms with van der Waals surface area (Å²) in [4.78, 5) is 12.6. The molecule has 3 aromatic rings. The Morgan fingerprint density at radius 1 is 1.14 bits per heavy atom. The average Bonchev–Trinajstić information content (AvgIpc) is 3.15. The smallest absolute Gasteiger partial charge is 0.250 e. The largest absolute Gasteiger partial charge is 0.443 e. The first kappa shape index (κ1) is 14.2. The van der Waals surface area contributed by atoms with E-state index in [1.54, 1.807) is 35.5 Å². The third kappa shape index (κ3) is 3.13. The van der Waals surface area contributed by atoms with Crippen molar-refractivity contribution < 1.29 is 4.42 Å². The molecule has 7 nitrogen and oxygen atoms in total. The second-order valence-corrected chi connectivity index (χ2v) is 5.94. The van der Waals surface area contributed by atoms with Crippen molar-refractivity contribution in [3.05, 3.63) is 48.7 Å². The van der Waals surface area contributed by atoms with Crippen LogP contribution in [0, 0.1) is 0 Å². The Bertz CT molecular complexity index is 741. The Morgan fingerprint density at radius 2 is 1.91 bits per heavy atom. The Labute approximate surface area is 128 Å². The van der Waals surface area contributed by atoms with Crippen molar-refractivity contribution in [2.75, 3.05) is 5.32 Å². The van der Waals surface area contributed by atoms with Crippen molar-refractivity contribution in [2.45, 2.75) is 32.7 Å². The molecule has 0 saturated carbocycles. The maximum atomic E-state index is 5.74. The van der Waals surface area contributed by atoms with E-state index < -0.39 is 0 Å². The fraction of sp³-hybridized carbons (Fsp3) is 0.333. The van der Waals surface area contributed by atoms with Gasteiger partial charge in [0.2, 0.25) is 11.8 Å². The first-order chi connectivity index (χ1) is 10.5. The summed E-state index contributed by atoms with van der Waals surface area (Å²) in [5.41, 5.74) is 0.809. The maximum Gasteiger partial charge on any atom is 0.250 e. The lowest BCUT2D eigenvalue weighted by molar-refractivity contribution is 0.385. The topological polar surface area (TPSA) is 81.7 Å². The van der Waals surface area contributed by atoms with E-state index in [4.69, 9.17) is 4.42 Å². The van der Waals surface area contributed by atoms with Crippen molar-refractivity contribution in [1.29, 1.82) is 0 Å². The second kappa shape index (κ2) is 5.59. The Morgan fingerprint density at radius 3 is 2.59 bits per heavy atom. The first-order valence-corrected chi connectivity index (χ1v) is 7.03. The highest BCUT2D eigenvalue weighted by Crippen LogP contribution is 2.22. The third-order valence-electron chi connectivity index (χ3n) is 3.08. The van der Waals surface area contributed by atoms with Gasteiger partial charge in [-0.2, -0.15) is 5.10 Å². The molecule has 7 heteroatoms. The molecule has 3 rings (SSSR count). The summed E-state index contributed by atoms with van der Waals surface area (Å²) >= 11 is 0. The zero-order valence-electron chi connectivity index (χ0n) is 12.8. The van der Waals surface area contributed by atoms with E-state index in [9.17, 15) is 0 Å². The molecule has 0 amide bonds. The van der Waals surface area contributed by atoms with Crippen LogP contribution in [0.4, 0.5) is 5.69 Å². The van der Waals surface area contributed by atoms with Gasteiger partial charge in [-0.25, -0.2) is 19.6 Å². The summed E-state index contributed by atoms with van der Waals surface area (Å²) < 4.78 is 7.35. The van der Waals surface area contributed by atoms with Crippen LogP contribution in [0.3, 0.4) is 0 Å². The van der Waals surface area contributed by atoms with Gasteiger partial charge >= 0.3 is 0 Å². The zero-order chi connectivity index (χ0) is 15.6. The molecule has 3 heterocycles. The Hall–Kier alpha value is -2.70. The van der Waals surface area contributed by atoms with E-state index in [0.29, 0.717) is 18.4 Å². The predicted molar refractivity (Wildman–Crippen MR) is 81.7 cm³/mol. The van der Waals surface area contributed by atoms with Crippen molar-refractivity contribution in [3.8, 4) is 5.95 Å². The monoisotopic (exact) mass is 298 g/mol. The van der Waals surface area contributed by atoms with Crippen LogP contribution in [0.2, 0.25) is 0 Å². The van der Waals surface area contributed by atoms with Crippen LogP contribution in [-0.2, 0) is 12.0 Å². The van der Waals surface area contributed by atoms with E-state index in [1.165, 1.54) is 0 Å². The van der Waals surface area contributed by atoms with Crippen LogP contribution >= 0.6 is 0 Å². The van der Waals surface area contributed by atoms with Crippen molar-refractivity contribution in [3.63, 3.8) is 0 Å². The Kier molecular flexibility index (Phi) is 3.62. The third-order valence-corrected chi connectivity index (χ3v) is 3.08. The molecule has 0 aliphatic rings. The molecule has 0 fully saturated rings. The normalized spacial score (nSPS) is 11.6. The number of anilines is 1. The minimum absolute atomic E-state index is 0.0409. The van der Waals surface area contributed by atoms with E-state index in [1.807, 2.05) is 6.20 Å². The van der Waals surface area contributed by atoms with Crippen molar-refractivity contribution >= 4 is 5.69 Å². The van der Waals surface area contributed by atoms with Gasteiger partial charge in [0.05, 0.1) is 30.8 Å². The molecule has 1 N–H and O–H groups in total. The molecule has 0 aliphatic heterocycles. The highest BCUT2D eigenvalue weighted by molar-refractivity contribution is 5.39. The molecule has 0 spiro atoms. The maximum absolute atomic E-state index is 5.74. The van der Waals surface area contributed by atoms with Crippen molar-refractivity contribution in [2.24, 2.45) is 0 Å². The van der Waals surface area contributed by atoms with Gasteiger partial charge in [-0.05, 0) is 6.07 Å². The summed E-state index contributed by atoms with van der Waals surface area (Å²) in [6.07, 6.45) is 8.67. The average molecular weight is 298 g/mol. The fourth-order valence-electron chi connectivity index (χ4n) is 1.85. The van der Waals surface area contributed by atoms with Gasteiger partial charge in [0.1, 0.15) is 5.76 Å². The lowest BCUT2D eigenvalue weighted by Gasteiger charge is -2.13. The summed E-state index contributed by atoms with van der Waals surface area (Å²) in [6.45, 7) is 6.77. The van der Waals surface area contributed by atoms with Gasteiger partial charge in [-0.15, -0.1) is 0 Å². The zero-order valence-corrected chi connectivity index (χ0v) is 12.8. The van der Waals surface area contributed by atoms with Crippen LogP contribution in [-0.4, -0.2) is 24.7 Å². The molecule has 0 atom stereocenters. The minimum Gasteiger partial charge on any atom is -0.443 e. The molecule has 0 unspecified atom stereocenters. The number of nitrogens with one attached hydrogen (secondary N) is 1. The van der Waals surface area contributed by atoms with E-state index in [2.05, 4.69) is 46.1 Å². The molecule has 22 heavy (non-hydrogen) atoms. The SMILES string of the molecule is CC(C)(C)c1cnc(CNc2cnn(-c3ncccn3)c2)o1. The number of hydrogen-bond acceptors (Lipinski definition) is 6. The fourth-order valence-corrected chi connectivity index (χ4v) is 1.85. The quantitative estimate of drug-likeness (QED) is 0.797. The van der Waals surface area contributed by atoms with Crippen LogP contribution in [0.15, 0.2) is 41.5 Å². The minimum atomic E-state index is -0.0409. The van der Waals surface area contributed by atoms with Crippen LogP contribution < -0.4 is 5.32 Å². The molecule has 0 radical (unpaired) electrons. The number of oxazole rings is 1. The lowest BCUT2D eigenvalue weighted by Crippen LogP contribution is -2.09. The molecule has 114 valence electrons. The van der Waals surface area contributed by atoms with Gasteiger partial charge in [0.25, 0.3) is 0 Å². The molecular formula is C15H18N6O. The lowest BCUT2D eigenvalue weighted by atomic mass is 9.94. The van der Waals surface area contributed by atoms with Crippen LogP contribution in [0.1, 0.15) is 32.4 Å². The van der Waals surface area contributed by atoms with Gasteiger partial charge in [0, 0.05) is 17.8 Å². The second-order valence-electron chi connectivity index (χ2n) is 5.94.